The molecular formula is C21H15BrClN3O2S. The maximum atomic E-state index is 12.6. The Hall–Kier alpha value is -2.48. The smallest absolute Gasteiger partial charge is 0.345 e. The summed E-state index contributed by atoms with van der Waals surface area (Å²) in [6, 6.07) is 14.7. The van der Waals surface area contributed by atoms with E-state index >= 15 is 0 Å². The number of aromatic nitrogens is 1. The van der Waals surface area contributed by atoms with Crippen molar-refractivity contribution in [3.8, 4) is 11.3 Å². The predicted octanol–water partition coefficient (Wildman–Crippen LogP) is 5.69. The minimum Gasteiger partial charge on any atom is -0.422 e. The van der Waals surface area contributed by atoms with E-state index in [1.165, 1.54) is 11.3 Å². The molecule has 0 amide bonds. The Bertz CT molecular complexity index is 1340. The van der Waals surface area contributed by atoms with Gasteiger partial charge in [-0.25, -0.2) is 4.79 Å². The molecule has 0 spiro atoms. The number of hydrogen-bond donors (Lipinski definition) is 0. The molecule has 4 rings (SSSR count). The Kier molecular flexibility index (Phi) is 5.80. The van der Waals surface area contributed by atoms with Crippen LogP contribution in [0.4, 0.5) is 0 Å². The fourth-order valence-electron chi connectivity index (χ4n) is 2.90. The summed E-state index contributed by atoms with van der Waals surface area (Å²) in [4.78, 5) is 13.3. The van der Waals surface area contributed by atoms with Crippen LogP contribution < -0.4 is 10.4 Å². The second-order valence-electron chi connectivity index (χ2n) is 6.17. The third-order valence-corrected chi connectivity index (χ3v) is 5.90. The number of halogens is 2. The summed E-state index contributed by atoms with van der Waals surface area (Å²) in [5.74, 6) is 0. The monoisotopic (exact) mass is 487 g/mol. The highest BCUT2D eigenvalue weighted by Gasteiger charge is 2.13. The molecule has 4 aromatic rings. The molecule has 0 aliphatic heterocycles. The van der Waals surface area contributed by atoms with Gasteiger partial charge in [-0.3, -0.25) is 0 Å². The summed E-state index contributed by atoms with van der Waals surface area (Å²) in [7, 11) is 0. The molecule has 0 aliphatic rings. The molecule has 8 heteroatoms. The fraction of sp³-hybridized carbons (Fsp3) is 0.0952. The Labute approximate surface area is 183 Å². The summed E-state index contributed by atoms with van der Waals surface area (Å²) in [6.45, 7) is 2.64. The molecule has 0 saturated carbocycles. The molecule has 0 unspecified atom stereocenters. The largest absolute Gasteiger partial charge is 0.422 e. The maximum absolute atomic E-state index is 12.6. The van der Waals surface area contributed by atoms with E-state index < -0.39 is 0 Å². The van der Waals surface area contributed by atoms with E-state index in [1.807, 2.05) is 47.2 Å². The zero-order valence-corrected chi connectivity index (χ0v) is 18.5. The second-order valence-corrected chi connectivity index (χ2v) is 8.36. The van der Waals surface area contributed by atoms with Gasteiger partial charge >= 0.3 is 5.63 Å². The number of rotatable bonds is 4. The zero-order valence-electron chi connectivity index (χ0n) is 15.3. The van der Waals surface area contributed by atoms with Crippen molar-refractivity contribution in [2.45, 2.75) is 13.5 Å². The van der Waals surface area contributed by atoms with Crippen molar-refractivity contribution in [3.05, 3.63) is 84.2 Å². The quantitative estimate of drug-likeness (QED) is 0.210. The van der Waals surface area contributed by atoms with Gasteiger partial charge in [0, 0.05) is 26.8 Å². The van der Waals surface area contributed by atoms with Gasteiger partial charge in [-0.1, -0.05) is 39.7 Å². The van der Waals surface area contributed by atoms with E-state index in [2.05, 4.69) is 26.1 Å². The van der Waals surface area contributed by atoms with E-state index in [1.54, 1.807) is 24.4 Å². The van der Waals surface area contributed by atoms with Crippen molar-refractivity contribution in [3.63, 3.8) is 0 Å². The van der Waals surface area contributed by atoms with Crippen molar-refractivity contribution >= 4 is 56.1 Å². The van der Waals surface area contributed by atoms with E-state index in [9.17, 15) is 4.79 Å². The third kappa shape index (κ3) is 4.27. The highest BCUT2D eigenvalue weighted by Crippen LogP contribution is 2.24. The van der Waals surface area contributed by atoms with Gasteiger partial charge in [-0.05, 0) is 48.9 Å². The summed E-state index contributed by atoms with van der Waals surface area (Å²) in [5.41, 5.74) is 2.33. The Morgan fingerprint density at radius 1 is 1.21 bits per heavy atom. The first kappa shape index (κ1) is 19.8. The van der Waals surface area contributed by atoms with Gasteiger partial charge in [0.15, 0.2) is 0 Å². The van der Waals surface area contributed by atoms with E-state index in [0.717, 1.165) is 21.1 Å². The standard InChI is InChI=1S/C21H15BrClN3O2S/c1-2-26-18(17-10-14-9-15(22)5-8-19(14)28-20(17)27)12-29-21(26)25-24-11-13-3-6-16(23)7-4-13/h3-12H,2H2,1H3/b24-11+,25-21-. The molecule has 2 aromatic heterocycles. The van der Waals surface area contributed by atoms with Gasteiger partial charge in [-0.2, -0.15) is 5.10 Å². The molecule has 0 atom stereocenters. The molecule has 0 saturated heterocycles. The average Bonchev–Trinajstić information content (AvgIpc) is 3.12. The van der Waals surface area contributed by atoms with Crippen LogP contribution in [0.5, 0.6) is 0 Å². The average molecular weight is 489 g/mol. The van der Waals surface area contributed by atoms with Crippen LogP contribution in [0.3, 0.4) is 0 Å². The van der Waals surface area contributed by atoms with E-state index in [0.29, 0.717) is 27.5 Å². The molecule has 0 fully saturated rings. The first-order valence-corrected chi connectivity index (χ1v) is 10.8. The third-order valence-electron chi connectivity index (χ3n) is 4.30. The first-order valence-electron chi connectivity index (χ1n) is 8.80. The normalized spacial score (nSPS) is 12.3. The highest BCUT2D eigenvalue weighted by molar-refractivity contribution is 9.10. The lowest BCUT2D eigenvalue weighted by Crippen LogP contribution is -2.16. The van der Waals surface area contributed by atoms with Crippen LogP contribution in [-0.2, 0) is 6.54 Å². The van der Waals surface area contributed by atoms with Crippen LogP contribution in [0.15, 0.2) is 77.8 Å². The molecule has 29 heavy (non-hydrogen) atoms. The SMILES string of the molecule is CCn1c(-c2cc3cc(Br)ccc3oc2=O)cs/c1=N\N=C\c1ccc(Cl)cc1. The van der Waals surface area contributed by atoms with Gasteiger partial charge in [0.25, 0.3) is 0 Å². The van der Waals surface area contributed by atoms with Crippen LogP contribution in [0.25, 0.3) is 22.2 Å². The topological polar surface area (TPSA) is 59.9 Å². The summed E-state index contributed by atoms with van der Waals surface area (Å²) in [5, 5.41) is 11.9. The number of nitrogens with zero attached hydrogens (tertiary/aromatic N) is 3. The lowest BCUT2D eigenvalue weighted by atomic mass is 10.1. The van der Waals surface area contributed by atoms with Gasteiger partial charge in [0.1, 0.15) is 5.58 Å². The molecule has 5 nitrogen and oxygen atoms in total. The number of thiazole rings is 1. The molecule has 0 radical (unpaired) electrons. The lowest BCUT2D eigenvalue weighted by Gasteiger charge is -2.06. The summed E-state index contributed by atoms with van der Waals surface area (Å²) in [6.07, 6.45) is 1.66. The Balaban J connectivity index is 1.76. The molecular weight excluding hydrogens is 474 g/mol. The molecule has 0 N–H and O–H groups in total. The van der Waals surface area contributed by atoms with Crippen LogP contribution in [0, 0.1) is 0 Å². The van der Waals surface area contributed by atoms with Gasteiger partial charge < -0.3 is 8.98 Å². The van der Waals surface area contributed by atoms with Crippen molar-refractivity contribution in [2.24, 2.45) is 10.2 Å². The van der Waals surface area contributed by atoms with Crippen LogP contribution >= 0.6 is 38.9 Å². The molecule has 146 valence electrons. The second kappa shape index (κ2) is 8.49. The Morgan fingerprint density at radius 2 is 2.00 bits per heavy atom. The Morgan fingerprint density at radius 3 is 2.76 bits per heavy atom. The first-order chi connectivity index (χ1) is 14.0. The van der Waals surface area contributed by atoms with Crippen molar-refractivity contribution in [1.29, 1.82) is 0 Å². The fourth-order valence-corrected chi connectivity index (χ4v) is 4.32. The van der Waals surface area contributed by atoms with Gasteiger partial charge in [0.05, 0.1) is 17.5 Å². The van der Waals surface area contributed by atoms with Crippen molar-refractivity contribution in [2.75, 3.05) is 0 Å². The minimum atomic E-state index is -0.379. The number of benzene rings is 2. The summed E-state index contributed by atoms with van der Waals surface area (Å²) < 4.78 is 8.37. The van der Waals surface area contributed by atoms with Crippen LogP contribution in [0.1, 0.15) is 12.5 Å². The minimum absolute atomic E-state index is 0.379. The van der Waals surface area contributed by atoms with Crippen molar-refractivity contribution in [1.82, 2.24) is 4.57 Å². The van der Waals surface area contributed by atoms with E-state index in [-0.39, 0.29) is 5.63 Å². The zero-order chi connectivity index (χ0) is 20.4. The lowest BCUT2D eigenvalue weighted by molar-refractivity contribution is 0.562. The van der Waals surface area contributed by atoms with Crippen LogP contribution in [0.2, 0.25) is 5.02 Å². The predicted molar refractivity (Wildman–Crippen MR) is 122 cm³/mol. The molecule has 0 aliphatic carbocycles. The van der Waals surface area contributed by atoms with E-state index in [4.69, 9.17) is 16.0 Å². The summed E-state index contributed by atoms with van der Waals surface area (Å²) >= 11 is 10.8. The maximum Gasteiger partial charge on any atom is 0.345 e. The molecule has 0 bridgehead atoms. The molecule has 2 heterocycles. The van der Waals surface area contributed by atoms with Crippen LogP contribution in [-0.4, -0.2) is 10.8 Å². The van der Waals surface area contributed by atoms with Gasteiger partial charge in [-0.15, -0.1) is 16.4 Å². The number of fused-ring (bicyclic) bond motifs is 1. The molecule has 2 aromatic carbocycles. The van der Waals surface area contributed by atoms with Gasteiger partial charge in [0.2, 0.25) is 4.80 Å². The number of hydrogen-bond acceptors (Lipinski definition) is 5. The van der Waals surface area contributed by atoms with Crippen molar-refractivity contribution < 1.29 is 4.42 Å². The highest BCUT2D eigenvalue weighted by atomic mass is 79.9.